The van der Waals surface area contributed by atoms with Crippen molar-refractivity contribution >= 4 is 5.97 Å². The number of allylic oxidation sites excluding steroid dienone is 1. The van der Waals surface area contributed by atoms with Gasteiger partial charge in [-0.05, 0) is 46.0 Å². The Morgan fingerprint density at radius 2 is 2.00 bits per heavy atom. The highest BCUT2D eigenvalue weighted by Crippen LogP contribution is 2.16. The quantitative estimate of drug-likeness (QED) is 0.497. The van der Waals surface area contributed by atoms with Gasteiger partial charge >= 0.3 is 5.97 Å². The number of carbonyl (C=O) groups is 1. The maximum atomic E-state index is 11.4. The van der Waals surface area contributed by atoms with E-state index in [-0.39, 0.29) is 11.4 Å². The molecule has 0 saturated carbocycles. The van der Waals surface area contributed by atoms with E-state index >= 15 is 0 Å². The van der Waals surface area contributed by atoms with E-state index in [2.05, 4.69) is 13.5 Å². The molecule has 0 N–H and O–H groups in total. The fourth-order valence-electron chi connectivity index (χ4n) is 1.12. The Labute approximate surface area is 93.7 Å². The first-order chi connectivity index (χ1) is 6.88. The second kappa shape index (κ2) is 6.65. The van der Waals surface area contributed by atoms with Crippen molar-refractivity contribution in [2.75, 3.05) is 6.61 Å². The van der Waals surface area contributed by atoms with Crippen molar-refractivity contribution in [2.24, 2.45) is 11.3 Å². The van der Waals surface area contributed by atoms with Crippen molar-refractivity contribution in [2.45, 2.75) is 47.0 Å². The Kier molecular flexibility index (Phi) is 6.30. The van der Waals surface area contributed by atoms with Gasteiger partial charge in [-0.3, -0.25) is 4.79 Å². The zero-order valence-corrected chi connectivity index (χ0v) is 10.5. The highest BCUT2D eigenvalue weighted by Gasteiger charge is 2.22. The predicted octanol–water partition coefficient (Wildman–Crippen LogP) is 3.57. The topological polar surface area (TPSA) is 26.3 Å². The van der Waals surface area contributed by atoms with Gasteiger partial charge in [-0.1, -0.05) is 13.0 Å². The third kappa shape index (κ3) is 7.18. The van der Waals surface area contributed by atoms with Gasteiger partial charge in [-0.25, -0.2) is 0 Å². The zero-order chi connectivity index (χ0) is 11.9. The van der Waals surface area contributed by atoms with Crippen molar-refractivity contribution in [3.63, 3.8) is 0 Å². The first-order valence-electron chi connectivity index (χ1n) is 5.66. The summed E-state index contributed by atoms with van der Waals surface area (Å²) < 4.78 is 5.19. The fourth-order valence-corrected chi connectivity index (χ4v) is 1.12. The molecule has 0 bridgehead atoms. The minimum absolute atomic E-state index is 0.113. The van der Waals surface area contributed by atoms with Gasteiger partial charge in [0.1, 0.15) is 0 Å². The molecular formula is C13H24O2. The summed E-state index contributed by atoms with van der Waals surface area (Å²) in [5.41, 5.74) is -0.385. The molecule has 0 heterocycles. The molecule has 0 spiro atoms. The van der Waals surface area contributed by atoms with E-state index in [1.165, 1.54) is 0 Å². The van der Waals surface area contributed by atoms with Crippen LogP contribution in [-0.2, 0) is 9.53 Å². The van der Waals surface area contributed by atoms with Gasteiger partial charge in [-0.2, -0.15) is 0 Å². The molecule has 15 heavy (non-hydrogen) atoms. The van der Waals surface area contributed by atoms with E-state index in [9.17, 15) is 4.79 Å². The first kappa shape index (κ1) is 14.2. The van der Waals surface area contributed by atoms with Crippen LogP contribution in [0.25, 0.3) is 0 Å². The lowest BCUT2D eigenvalue weighted by Crippen LogP contribution is -2.23. The molecule has 0 aliphatic heterocycles. The average Bonchev–Trinajstić information content (AvgIpc) is 2.13. The summed E-state index contributed by atoms with van der Waals surface area (Å²) in [7, 11) is 0. The zero-order valence-electron chi connectivity index (χ0n) is 10.5. The minimum Gasteiger partial charge on any atom is -0.465 e. The molecule has 2 nitrogen and oxygen atoms in total. The molecule has 0 aliphatic rings. The van der Waals surface area contributed by atoms with Crippen molar-refractivity contribution in [3.05, 3.63) is 12.7 Å². The number of carbonyl (C=O) groups excluding carboxylic acids is 1. The van der Waals surface area contributed by atoms with E-state index in [0.717, 1.165) is 19.3 Å². The van der Waals surface area contributed by atoms with E-state index in [4.69, 9.17) is 4.74 Å². The summed E-state index contributed by atoms with van der Waals surface area (Å²) in [6, 6.07) is 0. The molecule has 1 atom stereocenters. The lowest BCUT2D eigenvalue weighted by atomic mass is 9.97. The molecule has 0 aromatic carbocycles. The smallest absolute Gasteiger partial charge is 0.311 e. The highest BCUT2D eigenvalue weighted by molar-refractivity contribution is 5.75. The lowest BCUT2D eigenvalue weighted by Gasteiger charge is -2.17. The molecule has 2 heteroatoms. The van der Waals surface area contributed by atoms with Crippen LogP contribution in [0.15, 0.2) is 12.7 Å². The van der Waals surface area contributed by atoms with Crippen LogP contribution in [-0.4, -0.2) is 12.6 Å². The van der Waals surface area contributed by atoms with E-state index in [1.807, 2.05) is 26.8 Å². The molecule has 0 aromatic rings. The van der Waals surface area contributed by atoms with Crippen LogP contribution in [0.2, 0.25) is 0 Å². The number of esters is 1. The van der Waals surface area contributed by atoms with Crippen molar-refractivity contribution < 1.29 is 9.53 Å². The largest absolute Gasteiger partial charge is 0.465 e. The molecule has 0 aliphatic carbocycles. The second-order valence-corrected chi connectivity index (χ2v) is 5.15. The third-order valence-corrected chi connectivity index (χ3v) is 2.32. The van der Waals surface area contributed by atoms with E-state index < -0.39 is 0 Å². The number of hydrogen-bond donors (Lipinski definition) is 0. The Morgan fingerprint density at radius 3 is 2.47 bits per heavy atom. The molecule has 0 radical (unpaired) electrons. The number of ether oxygens (including phenoxy) is 1. The maximum Gasteiger partial charge on any atom is 0.311 e. The van der Waals surface area contributed by atoms with Crippen LogP contribution in [0.3, 0.4) is 0 Å². The van der Waals surface area contributed by atoms with Gasteiger partial charge in [0, 0.05) is 0 Å². The van der Waals surface area contributed by atoms with Gasteiger partial charge in [0.05, 0.1) is 12.0 Å². The van der Waals surface area contributed by atoms with Crippen molar-refractivity contribution in [1.29, 1.82) is 0 Å². The standard InChI is InChI=1S/C13H24O2/c1-6-7-8-11(2)9-10-15-12(14)13(3,4)5/h6,11H,1,7-10H2,2-5H3/t11-/m0/s1. The van der Waals surface area contributed by atoms with Gasteiger partial charge in [0.25, 0.3) is 0 Å². The summed E-state index contributed by atoms with van der Waals surface area (Å²) in [5, 5.41) is 0. The summed E-state index contributed by atoms with van der Waals surface area (Å²) in [5.74, 6) is 0.481. The predicted molar refractivity (Wildman–Crippen MR) is 63.6 cm³/mol. The molecule has 0 saturated heterocycles. The van der Waals surface area contributed by atoms with Crippen LogP contribution < -0.4 is 0 Å². The molecule has 0 amide bonds. The number of rotatable bonds is 6. The van der Waals surface area contributed by atoms with Crippen LogP contribution in [0, 0.1) is 11.3 Å². The SMILES string of the molecule is C=CCC[C@H](C)CCOC(=O)C(C)(C)C. The van der Waals surface area contributed by atoms with Crippen LogP contribution >= 0.6 is 0 Å². The molecule has 88 valence electrons. The van der Waals surface area contributed by atoms with Crippen LogP contribution in [0.4, 0.5) is 0 Å². The molecule has 0 fully saturated rings. The van der Waals surface area contributed by atoms with Gasteiger partial charge in [0.2, 0.25) is 0 Å². The molecular weight excluding hydrogens is 188 g/mol. The fraction of sp³-hybridized carbons (Fsp3) is 0.769. The summed E-state index contributed by atoms with van der Waals surface area (Å²) in [6.45, 7) is 12.0. The second-order valence-electron chi connectivity index (χ2n) is 5.15. The maximum absolute atomic E-state index is 11.4. The van der Waals surface area contributed by atoms with Crippen molar-refractivity contribution in [1.82, 2.24) is 0 Å². The monoisotopic (exact) mass is 212 g/mol. The lowest BCUT2D eigenvalue weighted by molar-refractivity contribution is -0.153. The normalized spacial score (nSPS) is 13.3. The Balaban J connectivity index is 3.61. The van der Waals surface area contributed by atoms with Crippen LogP contribution in [0.5, 0.6) is 0 Å². The average molecular weight is 212 g/mol. The summed E-state index contributed by atoms with van der Waals surface area (Å²) in [4.78, 5) is 11.4. The molecule has 0 aromatic heterocycles. The minimum atomic E-state index is -0.385. The Morgan fingerprint density at radius 1 is 1.40 bits per heavy atom. The third-order valence-electron chi connectivity index (χ3n) is 2.32. The molecule has 0 unspecified atom stereocenters. The van der Waals surface area contributed by atoms with Crippen LogP contribution in [0.1, 0.15) is 47.0 Å². The van der Waals surface area contributed by atoms with Gasteiger partial charge in [-0.15, -0.1) is 6.58 Å². The summed E-state index contributed by atoms with van der Waals surface area (Å²) >= 11 is 0. The molecule has 0 rings (SSSR count). The van der Waals surface area contributed by atoms with Gasteiger partial charge < -0.3 is 4.74 Å². The van der Waals surface area contributed by atoms with Gasteiger partial charge in [0.15, 0.2) is 0 Å². The summed E-state index contributed by atoms with van der Waals surface area (Å²) in [6.07, 6.45) is 5.03. The Bertz CT molecular complexity index is 201. The van der Waals surface area contributed by atoms with Crippen molar-refractivity contribution in [3.8, 4) is 0 Å². The highest BCUT2D eigenvalue weighted by atomic mass is 16.5. The van der Waals surface area contributed by atoms with E-state index in [0.29, 0.717) is 12.5 Å². The Hall–Kier alpha value is -0.790. The number of hydrogen-bond acceptors (Lipinski definition) is 2. The first-order valence-corrected chi connectivity index (χ1v) is 5.66. The van der Waals surface area contributed by atoms with E-state index in [1.54, 1.807) is 0 Å².